The van der Waals surface area contributed by atoms with Crippen LogP contribution in [0.2, 0.25) is 0 Å². The van der Waals surface area contributed by atoms with Gasteiger partial charge in [0.1, 0.15) is 0 Å². The molecule has 0 unspecified atom stereocenters. The molecule has 0 aliphatic heterocycles. The third kappa shape index (κ3) is 3.10. The van der Waals surface area contributed by atoms with Crippen molar-refractivity contribution in [2.24, 2.45) is 0 Å². The lowest BCUT2D eigenvalue weighted by Crippen LogP contribution is -2.28. The van der Waals surface area contributed by atoms with E-state index in [9.17, 15) is 8.42 Å². The van der Waals surface area contributed by atoms with Crippen LogP contribution in [-0.2, 0) is 14.9 Å². The Morgan fingerprint density at radius 3 is 2.44 bits per heavy atom. The van der Waals surface area contributed by atoms with Crippen LogP contribution in [-0.4, -0.2) is 14.5 Å². The molecule has 1 aliphatic carbocycles. The van der Waals surface area contributed by atoms with Crippen molar-refractivity contribution < 1.29 is 13.3 Å². The first-order valence-electron chi connectivity index (χ1n) is 6.24. The molecule has 2 rings (SSSR count). The van der Waals surface area contributed by atoms with Gasteiger partial charge in [0.15, 0.2) is 0 Å². The third-order valence-corrected chi connectivity index (χ3v) is 4.61. The number of hydrogen-bond donors (Lipinski definition) is 1. The molecule has 5 heteroatoms. The largest absolute Gasteiger partial charge is 0.284 e. The summed E-state index contributed by atoms with van der Waals surface area (Å²) in [6.45, 7) is 3.85. The summed E-state index contributed by atoms with van der Waals surface area (Å²) in [5.74, 6) is 0. The minimum atomic E-state index is -3.56. The van der Waals surface area contributed by atoms with Crippen LogP contribution in [0.3, 0.4) is 0 Å². The second-order valence-corrected chi connectivity index (χ2v) is 6.50. The van der Waals surface area contributed by atoms with E-state index in [-0.39, 0.29) is 11.0 Å². The van der Waals surface area contributed by atoms with Crippen LogP contribution in [0.5, 0.6) is 0 Å². The number of sulfonamides is 1. The van der Waals surface area contributed by atoms with Gasteiger partial charge in [-0.3, -0.25) is 4.84 Å². The van der Waals surface area contributed by atoms with Gasteiger partial charge in [-0.25, -0.2) is 8.42 Å². The zero-order valence-electron chi connectivity index (χ0n) is 10.8. The summed E-state index contributed by atoms with van der Waals surface area (Å²) in [7, 11) is -3.56. The number of aryl methyl sites for hydroxylation is 2. The maximum absolute atomic E-state index is 12.0. The lowest BCUT2D eigenvalue weighted by molar-refractivity contribution is 0.0223. The fourth-order valence-corrected chi connectivity index (χ4v) is 3.00. The molecule has 1 fully saturated rings. The Morgan fingerprint density at radius 1 is 1.17 bits per heavy atom. The first-order chi connectivity index (χ1) is 8.49. The van der Waals surface area contributed by atoms with Crippen molar-refractivity contribution in [1.29, 1.82) is 0 Å². The van der Waals surface area contributed by atoms with Gasteiger partial charge in [-0.05, 0) is 49.9 Å². The lowest BCUT2D eigenvalue weighted by atomic mass is 10.1. The van der Waals surface area contributed by atoms with Crippen molar-refractivity contribution in [2.75, 3.05) is 0 Å². The van der Waals surface area contributed by atoms with E-state index in [0.29, 0.717) is 0 Å². The molecule has 0 bridgehead atoms. The van der Waals surface area contributed by atoms with Gasteiger partial charge in [-0.1, -0.05) is 23.8 Å². The molecule has 1 N–H and O–H groups in total. The summed E-state index contributed by atoms with van der Waals surface area (Å²) in [6.07, 6.45) is 4.09. The Kier molecular flexibility index (Phi) is 4.04. The maximum atomic E-state index is 12.0. The summed E-state index contributed by atoms with van der Waals surface area (Å²) < 4.78 is 24.0. The first-order valence-corrected chi connectivity index (χ1v) is 7.72. The molecule has 0 atom stereocenters. The molecular weight excluding hydrogens is 250 g/mol. The van der Waals surface area contributed by atoms with Gasteiger partial charge in [0, 0.05) is 0 Å². The van der Waals surface area contributed by atoms with Crippen molar-refractivity contribution in [1.82, 2.24) is 4.89 Å². The molecule has 100 valence electrons. The number of benzene rings is 1. The zero-order valence-corrected chi connectivity index (χ0v) is 11.6. The molecular formula is C13H19NO3S. The summed E-state index contributed by atoms with van der Waals surface area (Å²) in [5, 5.41) is 0. The number of nitrogens with one attached hydrogen (secondary N) is 1. The second-order valence-electron chi connectivity index (χ2n) is 4.86. The van der Waals surface area contributed by atoms with E-state index in [1.165, 1.54) is 0 Å². The summed E-state index contributed by atoms with van der Waals surface area (Å²) in [4.78, 5) is 7.74. The highest BCUT2D eigenvalue weighted by atomic mass is 32.2. The Morgan fingerprint density at radius 2 is 1.83 bits per heavy atom. The quantitative estimate of drug-likeness (QED) is 0.854. The van der Waals surface area contributed by atoms with Crippen LogP contribution in [0.15, 0.2) is 23.1 Å². The Labute approximate surface area is 108 Å². The van der Waals surface area contributed by atoms with Crippen LogP contribution < -0.4 is 4.89 Å². The second kappa shape index (κ2) is 5.38. The van der Waals surface area contributed by atoms with Gasteiger partial charge in [-0.2, -0.15) is 0 Å². The van der Waals surface area contributed by atoms with Gasteiger partial charge >= 0.3 is 0 Å². The average Bonchev–Trinajstić information content (AvgIpc) is 2.83. The highest BCUT2D eigenvalue weighted by Crippen LogP contribution is 2.21. The summed E-state index contributed by atoms with van der Waals surface area (Å²) in [5.41, 5.74) is 2.03. The third-order valence-electron chi connectivity index (χ3n) is 3.42. The smallest absolute Gasteiger partial charge is 0.262 e. The number of rotatable bonds is 4. The van der Waals surface area contributed by atoms with Crippen molar-refractivity contribution in [3.63, 3.8) is 0 Å². The van der Waals surface area contributed by atoms with Crippen LogP contribution in [0.4, 0.5) is 0 Å². The van der Waals surface area contributed by atoms with E-state index >= 15 is 0 Å². The van der Waals surface area contributed by atoms with Crippen LogP contribution in [0, 0.1) is 13.8 Å². The monoisotopic (exact) mass is 269 g/mol. The standard InChI is InChI=1S/C13H19NO3S/c1-10-7-8-13(9-11(10)2)18(15,16)14-17-12-5-3-4-6-12/h7-9,12,14H,3-6H2,1-2H3. The molecule has 1 saturated carbocycles. The molecule has 1 aromatic carbocycles. The first kappa shape index (κ1) is 13.5. The van der Waals surface area contributed by atoms with Gasteiger partial charge in [0.25, 0.3) is 10.0 Å². The van der Waals surface area contributed by atoms with Crippen molar-refractivity contribution in [3.8, 4) is 0 Å². The molecule has 1 aliphatic rings. The Bertz CT molecular complexity index is 519. The van der Waals surface area contributed by atoms with E-state index < -0.39 is 10.0 Å². The highest BCUT2D eigenvalue weighted by molar-refractivity contribution is 7.89. The Balaban J connectivity index is 2.07. The molecule has 0 radical (unpaired) electrons. The number of hydrogen-bond acceptors (Lipinski definition) is 3. The molecule has 0 amide bonds. The van der Waals surface area contributed by atoms with E-state index in [1.54, 1.807) is 18.2 Å². The molecule has 0 heterocycles. The minimum Gasteiger partial charge on any atom is -0.284 e. The van der Waals surface area contributed by atoms with E-state index in [2.05, 4.69) is 4.89 Å². The molecule has 1 aromatic rings. The highest BCUT2D eigenvalue weighted by Gasteiger charge is 2.20. The SMILES string of the molecule is Cc1ccc(S(=O)(=O)NOC2CCCC2)cc1C. The summed E-state index contributed by atoms with van der Waals surface area (Å²) in [6, 6.07) is 5.07. The van der Waals surface area contributed by atoms with E-state index in [1.807, 2.05) is 13.8 Å². The lowest BCUT2D eigenvalue weighted by Gasteiger charge is -2.12. The molecule has 0 saturated heterocycles. The normalized spacial score (nSPS) is 17.2. The van der Waals surface area contributed by atoms with Crippen molar-refractivity contribution in [2.45, 2.75) is 50.5 Å². The van der Waals surface area contributed by atoms with Crippen molar-refractivity contribution >= 4 is 10.0 Å². The van der Waals surface area contributed by atoms with Crippen molar-refractivity contribution in [3.05, 3.63) is 29.3 Å². The van der Waals surface area contributed by atoms with Gasteiger partial charge < -0.3 is 0 Å². The van der Waals surface area contributed by atoms with Crippen LogP contribution in [0.1, 0.15) is 36.8 Å². The van der Waals surface area contributed by atoms with E-state index in [4.69, 9.17) is 4.84 Å². The van der Waals surface area contributed by atoms with Crippen LogP contribution in [0.25, 0.3) is 0 Å². The predicted molar refractivity (Wildman–Crippen MR) is 69.6 cm³/mol. The molecule has 4 nitrogen and oxygen atoms in total. The summed E-state index contributed by atoms with van der Waals surface area (Å²) >= 11 is 0. The fourth-order valence-electron chi connectivity index (χ4n) is 2.07. The minimum absolute atomic E-state index is 0.0197. The zero-order chi connectivity index (χ0) is 13.2. The van der Waals surface area contributed by atoms with Gasteiger partial charge in [0.05, 0.1) is 11.0 Å². The Hall–Kier alpha value is -0.910. The molecule has 18 heavy (non-hydrogen) atoms. The van der Waals surface area contributed by atoms with Gasteiger partial charge in [-0.15, -0.1) is 0 Å². The van der Waals surface area contributed by atoms with Crippen LogP contribution >= 0.6 is 0 Å². The van der Waals surface area contributed by atoms with E-state index in [0.717, 1.165) is 36.8 Å². The average molecular weight is 269 g/mol. The predicted octanol–water partition coefficient (Wildman–Crippen LogP) is 2.46. The fraction of sp³-hybridized carbons (Fsp3) is 0.538. The maximum Gasteiger partial charge on any atom is 0.262 e. The topological polar surface area (TPSA) is 55.4 Å². The molecule has 0 spiro atoms. The molecule has 0 aromatic heterocycles. The van der Waals surface area contributed by atoms with Gasteiger partial charge in [0.2, 0.25) is 0 Å².